The lowest BCUT2D eigenvalue weighted by Crippen LogP contribution is -2.38. The molecule has 2 nitrogen and oxygen atoms in total. The van der Waals surface area contributed by atoms with E-state index in [1.54, 1.807) is 5.51 Å². The molecule has 0 saturated carbocycles. The van der Waals surface area contributed by atoms with Crippen molar-refractivity contribution in [2.75, 3.05) is 6.54 Å². The van der Waals surface area contributed by atoms with Crippen LogP contribution in [0.25, 0.3) is 0 Å². The lowest BCUT2D eigenvalue weighted by atomic mass is 10.3. The first kappa shape index (κ1) is 11.4. The topological polar surface area (TPSA) is 24.9 Å². The molecule has 1 aromatic rings. The number of aromatic nitrogens is 1. The summed E-state index contributed by atoms with van der Waals surface area (Å²) in [6.07, 6.45) is -2.13. The molecule has 0 unspecified atom stereocenters. The van der Waals surface area contributed by atoms with Gasteiger partial charge in [0.15, 0.2) is 0 Å². The average molecular weight is 228 g/mol. The summed E-state index contributed by atoms with van der Waals surface area (Å²) in [5.74, 6) is -3.97. The number of hydrogen-bond acceptors (Lipinski definition) is 3. The number of rotatable bonds is 5. The Labute approximate surface area is 82.0 Å². The van der Waals surface area contributed by atoms with Crippen molar-refractivity contribution >= 4 is 11.3 Å². The number of thiazole rings is 1. The maximum atomic E-state index is 12.4. The molecule has 1 rings (SSSR count). The zero-order chi connectivity index (χ0) is 10.6. The Morgan fingerprint density at radius 3 is 2.71 bits per heavy atom. The highest BCUT2D eigenvalue weighted by atomic mass is 32.1. The lowest BCUT2D eigenvalue weighted by Gasteiger charge is -2.15. The molecule has 0 radical (unpaired) electrons. The van der Waals surface area contributed by atoms with Crippen LogP contribution in [0.5, 0.6) is 0 Å². The zero-order valence-corrected chi connectivity index (χ0v) is 7.83. The standard InChI is InChI=1S/C7H8F4N2S/c8-6(9)7(10,11)3-12-1-5-2-13-4-14-5/h2,4,6,12H,1,3H2. The van der Waals surface area contributed by atoms with E-state index < -0.39 is 18.9 Å². The summed E-state index contributed by atoms with van der Waals surface area (Å²) in [5, 5.41) is 2.25. The van der Waals surface area contributed by atoms with E-state index in [4.69, 9.17) is 0 Å². The SMILES string of the molecule is FC(F)C(F)(F)CNCc1cncs1. The van der Waals surface area contributed by atoms with Crippen molar-refractivity contribution in [2.24, 2.45) is 0 Å². The molecule has 0 aliphatic carbocycles. The second-order valence-corrected chi connectivity index (χ2v) is 3.60. The third-order valence-electron chi connectivity index (χ3n) is 1.46. The Kier molecular flexibility index (Phi) is 3.82. The van der Waals surface area contributed by atoms with Gasteiger partial charge in [0.05, 0.1) is 12.1 Å². The van der Waals surface area contributed by atoms with Crippen molar-refractivity contribution < 1.29 is 17.6 Å². The summed E-state index contributed by atoms with van der Waals surface area (Å²) in [7, 11) is 0. The maximum Gasteiger partial charge on any atom is 0.319 e. The van der Waals surface area contributed by atoms with Crippen LogP contribution in [0, 0.1) is 0 Å². The van der Waals surface area contributed by atoms with Gasteiger partial charge >= 0.3 is 12.3 Å². The fourth-order valence-corrected chi connectivity index (χ4v) is 1.32. The third kappa shape index (κ3) is 3.22. The molecule has 80 valence electrons. The van der Waals surface area contributed by atoms with E-state index in [9.17, 15) is 17.6 Å². The van der Waals surface area contributed by atoms with Crippen LogP contribution in [-0.4, -0.2) is 23.9 Å². The molecule has 0 amide bonds. The van der Waals surface area contributed by atoms with Crippen LogP contribution in [0.4, 0.5) is 17.6 Å². The molecular formula is C7H8F4N2S. The second kappa shape index (κ2) is 4.70. The minimum Gasteiger partial charge on any atom is -0.306 e. The van der Waals surface area contributed by atoms with Gasteiger partial charge in [0.25, 0.3) is 0 Å². The van der Waals surface area contributed by atoms with Crippen molar-refractivity contribution in [3.8, 4) is 0 Å². The van der Waals surface area contributed by atoms with Crippen molar-refractivity contribution in [3.63, 3.8) is 0 Å². The van der Waals surface area contributed by atoms with Crippen LogP contribution in [0.15, 0.2) is 11.7 Å². The summed E-state index contributed by atoms with van der Waals surface area (Å²) in [6.45, 7) is -0.893. The normalized spacial score (nSPS) is 12.4. The molecule has 1 N–H and O–H groups in total. The van der Waals surface area contributed by atoms with Crippen LogP contribution < -0.4 is 5.32 Å². The smallest absolute Gasteiger partial charge is 0.306 e. The van der Waals surface area contributed by atoms with Gasteiger partial charge in [0.1, 0.15) is 0 Å². The molecule has 0 fully saturated rings. The van der Waals surface area contributed by atoms with Crippen molar-refractivity contribution in [3.05, 3.63) is 16.6 Å². The van der Waals surface area contributed by atoms with E-state index in [0.717, 1.165) is 4.88 Å². The van der Waals surface area contributed by atoms with Gasteiger partial charge in [-0.1, -0.05) is 0 Å². The summed E-state index contributed by atoms with van der Waals surface area (Å²) in [5.41, 5.74) is 1.54. The molecule has 0 aliphatic heterocycles. The molecule has 0 spiro atoms. The molecule has 0 saturated heterocycles. The van der Waals surface area contributed by atoms with Gasteiger partial charge in [-0.15, -0.1) is 11.3 Å². The Morgan fingerprint density at radius 1 is 1.50 bits per heavy atom. The largest absolute Gasteiger partial charge is 0.319 e. The maximum absolute atomic E-state index is 12.4. The molecule has 14 heavy (non-hydrogen) atoms. The third-order valence-corrected chi connectivity index (χ3v) is 2.24. The van der Waals surface area contributed by atoms with Crippen molar-refractivity contribution in [1.29, 1.82) is 0 Å². The number of halogens is 4. The van der Waals surface area contributed by atoms with E-state index >= 15 is 0 Å². The van der Waals surface area contributed by atoms with E-state index in [-0.39, 0.29) is 6.54 Å². The number of nitrogens with one attached hydrogen (secondary N) is 1. The minimum atomic E-state index is -3.97. The Morgan fingerprint density at radius 2 is 2.21 bits per heavy atom. The van der Waals surface area contributed by atoms with Gasteiger partial charge < -0.3 is 5.32 Å². The summed E-state index contributed by atoms with van der Waals surface area (Å²) in [4.78, 5) is 4.45. The van der Waals surface area contributed by atoms with Crippen molar-refractivity contribution in [2.45, 2.75) is 18.9 Å². The van der Waals surface area contributed by atoms with Gasteiger partial charge in [-0.2, -0.15) is 8.78 Å². The first-order valence-electron chi connectivity index (χ1n) is 3.76. The summed E-state index contributed by atoms with van der Waals surface area (Å²) in [6, 6.07) is 0. The van der Waals surface area contributed by atoms with E-state index in [1.165, 1.54) is 17.5 Å². The molecule has 0 atom stereocenters. The summed E-state index contributed by atoms with van der Waals surface area (Å²) < 4.78 is 48.1. The fourth-order valence-electron chi connectivity index (χ4n) is 0.759. The van der Waals surface area contributed by atoms with Gasteiger partial charge in [-0.25, -0.2) is 8.78 Å². The Bertz CT molecular complexity index is 263. The first-order chi connectivity index (χ1) is 6.52. The predicted molar refractivity (Wildman–Crippen MR) is 44.8 cm³/mol. The van der Waals surface area contributed by atoms with Gasteiger partial charge in [-0.05, 0) is 0 Å². The predicted octanol–water partition coefficient (Wildman–Crippen LogP) is 2.13. The lowest BCUT2D eigenvalue weighted by molar-refractivity contribution is -0.125. The van der Waals surface area contributed by atoms with Crippen LogP contribution in [-0.2, 0) is 6.54 Å². The molecule has 0 bridgehead atoms. The Balaban J connectivity index is 2.28. The van der Waals surface area contributed by atoms with Gasteiger partial charge in [0, 0.05) is 17.6 Å². The number of nitrogens with zero attached hydrogens (tertiary/aromatic N) is 1. The molecule has 0 aromatic carbocycles. The number of alkyl halides is 4. The average Bonchev–Trinajstić information content (AvgIpc) is 2.56. The van der Waals surface area contributed by atoms with Crippen LogP contribution in [0.3, 0.4) is 0 Å². The molecule has 0 aliphatic rings. The van der Waals surface area contributed by atoms with Crippen LogP contribution >= 0.6 is 11.3 Å². The van der Waals surface area contributed by atoms with E-state index in [0.29, 0.717) is 0 Å². The molecule has 7 heteroatoms. The molecular weight excluding hydrogens is 220 g/mol. The molecule has 1 aromatic heterocycles. The zero-order valence-electron chi connectivity index (χ0n) is 7.01. The molecule has 1 heterocycles. The first-order valence-corrected chi connectivity index (χ1v) is 4.64. The van der Waals surface area contributed by atoms with Crippen LogP contribution in [0.2, 0.25) is 0 Å². The van der Waals surface area contributed by atoms with Crippen LogP contribution in [0.1, 0.15) is 4.88 Å². The summed E-state index contributed by atoms with van der Waals surface area (Å²) >= 11 is 1.28. The Hall–Kier alpha value is -0.690. The highest BCUT2D eigenvalue weighted by Crippen LogP contribution is 2.21. The van der Waals surface area contributed by atoms with Gasteiger partial charge in [0.2, 0.25) is 0 Å². The minimum absolute atomic E-state index is 0.132. The monoisotopic (exact) mass is 228 g/mol. The second-order valence-electron chi connectivity index (χ2n) is 2.63. The fraction of sp³-hybridized carbons (Fsp3) is 0.571. The van der Waals surface area contributed by atoms with E-state index in [2.05, 4.69) is 10.3 Å². The highest BCUT2D eigenvalue weighted by Gasteiger charge is 2.39. The van der Waals surface area contributed by atoms with E-state index in [1.807, 2.05) is 0 Å². The highest BCUT2D eigenvalue weighted by molar-refractivity contribution is 7.09. The van der Waals surface area contributed by atoms with Crippen molar-refractivity contribution in [1.82, 2.24) is 10.3 Å². The quantitative estimate of drug-likeness (QED) is 0.781. The number of hydrogen-bond donors (Lipinski definition) is 1. The van der Waals surface area contributed by atoms with Gasteiger partial charge in [-0.3, -0.25) is 4.98 Å².